The Morgan fingerprint density at radius 1 is 1.00 bits per heavy atom. The van der Waals surface area contributed by atoms with Crippen molar-refractivity contribution in [3.05, 3.63) is 58.5 Å². The number of hydrazine groups is 1. The van der Waals surface area contributed by atoms with Crippen LogP contribution in [0.4, 0.5) is 4.79 Å². The van der Waals surface area contributed by atoms with Crippen LogP contribution in [-0.2, 0) is 11.3 Å². The maximum absolute atomic E-state index is 12.6. The molecule has 2 rings (SSSR count). The lowest BCUT2D eigenvalue weighted by molar-refractivity contribution is -0.124. The summed E-state index contributed by atoms with van der Waals surface area (Å²) in [4.78, 5) is 37.1. The minimum Gasteiger partial charge on any atom is -0.466 e. The van der Waals surface area contributed by atoms with Gasteiger partial charge in [-0.2, -0.15) is 0 Å². The molecule has 8 nitrogen and oxygen atoms in total. The summed E-state index contributed by atoms with van der Waals surface area (Å²) in [5.41, 5.74) is 7.20. The molecule has 0 bridgehead atoms. The highest BCUT2D eigenvalue weighted by Gasteiger charge is 2.23. The molecule has 0 saturated carbocycles. The maximum atomic E-state index is 12.6. The third kappa shape index (κ3) is 6.95. The molecule has 162 valence electrons. The topological polar surface area (TPSA) is 112 Å². The quantitative estimate of drug-likeness (QED) is 0.522. The fraction of sp³-hybridized carbons (Fsp3) is 0.409. The zero-order valence-corrected chi connectivity index (χ0v) is 18.1. The molecule has 4 amide bonds. The Balaban J connectivity index is 1.90. The Morgan fingerprint density at radius 3 is 2.23 bits per heavy atom. The van der Waals surface area contributed by atoms with Crippen molar-refractivity contribution in [3.8, 4) is 0 Å². The number of carbonyl (C=O) groups is 3. The second kappa shape index (κ2) is 10.5. The van der Waals surface area contributed by atoms with Gasteiger partial charge in [-0.1, -0.05) is 43.7 Å². The van der Waals surface area contributed by atoms with E-state index in [0.29, 0.717) is 30.0 Å². The van der Waals surface area contributed by atoms with E-state index >= 15 is 0 Å². The van der Waals surface area contributed by atoms with Crippen LogP contribution in [0.1, 0.15) is 53.3 Å². The molecule has 8 heteroatoms. The predicted molar refractivity (Wildman–Crippen MR) is 114 cm³/mol. The van der Waals surface area contributed by atoms with Crippen molar-refractivity contribution in [2.75, 3.05) is 0 Å². The van der Waals surface area contributed by atoms with Crippen LogP contribution < -0.4 is 21.5 Å². The minimum absolute atomic E-state index is 0.160. The molecule has 1 atom stereocenters. The van der Waals surface area contributed by atoms with E-state index in [1.54, 1.807) is 19.9 Å². The van der Waals surface area contributed by atoms with E-state index in [2.05, 4.69) is 21.5 Å². The number of benzene rings is 1. The normalized spacial score (nSPS) is 11.7. The molecule has 30 heavy (non-hydrogen) atoms. The summed E-state index contributed by atoms with van der Waals surface area (Å²) in [5, 5.41) is 5.43. The smallest absolute Gasteiger partial charge is 0.315 e. The largest absolute Gasteiger partial charge is 0.466 e. The Morgan fingerprint density at radius 2 is 1.67 bits per heavy atom. The molecular weight excluding hydrogens is 384 g/mol. The van der Waals surface area contributed by atoms with Gasteiger partial charge in [0.2, 0.25) is 0 Å². The molecule has 0 aliphatic heterocycles. The Bertz CT molecular complexity index is 887. The number of hydrogen-bond acceptors (Lipinski definition) is 4. The van der Waals surface area contributed by atoms with Crippen molar-refractivity contribution in [1.82, 2.24) is 21.5 Å². The highest BCUT2D eigenvalue weighted by atomic mass is 16.3. The average Bonchev–Trinajstić information content (AvgIpc) is 3.02. The fourth-order valence-electron chi connectivity index (χ4n) is 2.93. The molecule has 0 spiro atoms. The lowest BCUT2D eigenvalue weighted by atomic mass is 10.0. The summed E-state index contributed by atoms with van der Waals surface area (Å²) in [6.45, 7) is 9.64. The van der Waals surface area contributed by atoms with Gasteiger partial charge >= 0.3 is 6.03 Å². The molecule has 1 heterocycles. The van der Waals surface area contributed by atoms with E-state index in [-0.39, 0.29) is 5.92 Å². The zero-order valence-electron chi connectivity index (χ0n) is 18.1. The summed E-state index contributed by atoms with van der Waals surface area (Å²) in [6.07, 6.45) is 0.420. The van der Waals surface area contributed by atoms with Crippen LogP contribution in [0.25, 0.3) is 0 Å². The molecule has 0 aliphatic carbocycles. The standard InChI is InChI=1S/C22H30N4O4/c1-13(2)10-19(24-22(29)23-12-17-8-6-14(3)7-9-17)21(28)26-25-20(27)18-11-15(4)30-16(18)5/h6-9,11,13,19H,10,12H2,1-5H3,(H,25,27)(H,26,28)(H2,23,24,29). The number of furan rings is 1. The average molecular weight is 415 g/mol. The van der Waals surface area contributed by atoms with E-state index < -0.39 is 23.9 Å². The van der Waals surface area contributed by atoms with E-state index in [9.17, 15) is 14.4 Å². The SMILES string of the molecule is Cc1ccc(CNC(=O)NC(CC(C)C)C(=O)NNC(=O)c2cc(C)oc2C)cc1. The maximum Gasteiger partial charge on any atom is 0.315 e. The predicted octanol–water partition coefficient (Wildman–Crippen LogP) is 2.88. The summed E-state index contributed by atoms with van der Waals surface area (Å²) in [5.74, 6) is 0.248. The monoisotopic (exact) mass is 414 g/mol. The third-order valence-electron chi connectivity index (χ3n) is 4.49. The molecule has 1 aromatic heterocycles. The van der Waals surface area contributed by atoms with Crippen LogP contribution >= 0.6 is 0 Å². The van der Waals surface area contributed by atoms with Crippen LogP contribution in [0.2, 0.25) is 0 Å². The van der Waals surface area contributed by atoms with Crippen molar-refractivity contribution < 1.29 is 18.8 Å². The fourth-order valence-corrected chi connectivity index (χ4v) is 2.93. The van der Waals surface area contributed by atoms with Crippen LogP contribution in [0.5, 0.6) is 0 Å². The van der Waals surface area contributed by atoms with Gasteiger partial charge in [-0.05, 0) is 44.7 Å². The van der Waals surface area contributed by atoms with Gasteiger partial charge in [0.25, 0.3) is 11.8 Å². The van der Waals surface area contributed by atoms with Crippen LogP contribution in [0, 0.1) is 26.7 Å². The zero-order chi connectivity index (χ0) is 22.3. The molecular formula is C22H30N4O4. The first-order valence-corrected chi connectivity index (χ1v) is 9.92. The Labute approximate surface area is 176 Å². The molecule has 0 fully saturated rings. The number of amides is 4. The number of urea groups is 1. The van der Waals surface area contributed by atoms with Gasteiger partial charge in [0.15, 0.2) is 0 Å². The third-order valence-corrected chi connectivity index (χ3v) is 4.49. The highest BCUT2D eigenvalue weighted by molar-refractivity contribution is 5.97. The minimum atomic E-state index is -0.796. The molecule has 0 saturated heterocycles. The van der Waals surface area contributed by atoms with Gasteiger partial charge in [-0.15, -0.1) is 0 Å². The van der Waals surface area contributed by atoms with Gasteiger partial charge in [0.05, 0.1) is 5.56 Å². The molecule has 0 aliphatic rings. The second-order valence-electron chi connectivity index (χ2n) is 7.77. The van der Waals surface area contributed by atoms with Gasteiger partial charge in [0, 0.05) is 6.54 Å². The molecule has 1 aromatic carbocycles. The lowest BCUT2D eigenvalue weighted by Crippen LogP contribution is -2.54. The van der Waals surface area contributed by atoms with Crippen molar-refractivity contribution in [2.45, 2.75) is 53.6 Å². The number of carbonyl (C=O) groups excluding carboxylic acids is 3. The van der Waals surface area contributed by atoms with E-state index in [1.165, 1.54) is 0 Å². The molecule has 2 aromatic rings. The number of rotatable bonds is 7. The van der Waals surface area contributed by atoms with Crippen molar-refractivity contribution in [3.63, 3.8) is 0 Å². The molecule has 4 N–H and O–H groups in total. The number of nitrogens with one attached hydrogen (secondary N) is 4. The second-order valence-corrected chi connectivity index (χ2v) is 7.77. The van der Waals surface area contributed by atoms with E-state index in [0.717, 1.165) is 11.1 Å². The summed E-state index contributed by atoms with van der Waals surface area (Å²) >= 11 is 0. The first kappa shape index (κ1) is 23.0. The Kier molecular flexibility index (Phi) is 8.03. The summed E-state index contributed by atoms with van der Waals surface area (Å²) < 4.78 is 5.33. The first-order valence-electron chi connectivity index (χ1n) is 9.92. The highest BCUT2D eigenvalue weighted by Crippen LogP contribution is 2.13. The van der Waals surface area contributed by atoms with Gasteiger partial charge in [-0.3, -0.25) is 20.4 Å². The van der Waals surface area contributed by atoms with Crippen molar-refractivity contribution in [2.24, 2.45) is 5.92 Å². The van der Waals surface area contributed by atoms with Gasteiger partial charge in [0.1, 0.15) is 17.6 Å². The van der Waals surface area contributed by atoms with Gasteiger partial charge in [-0.25, -0.2) is 4.79 Å². The Hall–Kier alpha value is -3.29. The first-order chi connectivity index (χ1) is 14.2. The lowest BCUT2D eigenvalue weighted by Gasteiger charge is -2.20. The van der Waals surface area contributed by atoms with E-state index in [1.807, 2.05) is 45.0 Å². The molecule has 1 unspecified atom stereocenters. The number of aryl methyl sites for hydroxylation is 3. The van der Waals surface area contributed by atoms with Crippen molar-refractivity contribution >= 4 is 17.8 Å². The number of hydrogen-bond donors (Lipinski definition) is 4. The van der Waals surface area contributed by atoms with Crippen LogP contribution in [0.15, 0.2) is 34.7 Å². The molecule has 0 radical (unpaired) electrons. The van der Waals surface area contributed by atoms with Crippen LogP contribution in [-0.4, -0.2) is 23.9 Å². The van der Waals surface area contributed by atoms with Crippen molar-refractivity contribution in [1.29, 1.82) is 0 Å². The van der Waals surface area contributed by atoms with E-state index in [4.69, 9.17) is 4.42 Å². The van der Waals surface area contributed by atoms with Crippen LogP contribution in [0.3, 0.4) is 0 Å². The van der Waals surface area contributed by atoms with Gasteiger partial charge < -0.3 is 15.1 Å². The summed E-state index contributed by atoms with van der Waals surface area (Å²) in [6, 6.07) is 8.15. The summed E-state index contributed by atoms with van der Waals surface area (Å²) in [7, 11) is 0.